The summed E-state index contributed by atoms with van der Waals surface area (Å²) in [7, 11) is 1.66. The first-order valence-electron chi connectivity index (χ1n) is 7.46. The number of rotatable bonds is 4. The zero-order chi connectivity index (χ0) is 15.2. The van der Waals surface area contributed by atoms with E-state index >= 15 is 0 Å². The third-order valence-corrected chi connectivity index (χ3v) is 5.11. The summed E-state index contributed by atoms with van der Waals surface area (Å²) in [5.74, 6) is 0.129. The van der Waals surface area contributed by atoms with Crippen LogP contribution in [0.2, 0.25) is 0 Å². The number of nitrogens with one attached hydrogen (secondary N) is 2. The number of thiophene rings is 1. The maximum absolute atomic E-state index is 12.1. The zero-order valence-corrected chi connectivity index (χ0v) is 13.5. The Hall–Kier alpha value is -1.56. The first kappa shape index (κ1) is 15.8. The van der Waals surface area contributed by atoms with Crippen LogP contribution in [0.25, 0.3) is 0 Å². The summed E-state index contributed by atoms with van der Waals surface area (Å²) >= 11 is 1.74. The Balaban J connectivity index is 1.76. The average molecular weight is 309 g/mol. The molecule has 2 N–H and O–H groups in total. The Bertz CT molecular complexity index is 493. The minimum absolute atomic E-state index is 0.0307. The van der Waals surface area contributed by atoms with Gasteiger partial charge in [-0.2, -0.15) is 0 Å². The molecule has 0 aliphatic carbocycles. The second-order valence-electron chi connectivity index (χ2n) is 5.26. The highest BCUT2D eigenvalue weighted by atomic mass is 32.1. The number of urea groups is 1. The van der Waals surface area contributed by atoms with Crippen molar-refractivity contribution in [1.29, 1.82) is 0 Å². The molecule has 1 aromatic rings. The van der Waals surface area contributed by atoms with Gasteiger partial charge in [-0.25, -0.2) is 4.79 Å². The van der Waals surface area contributed by atoms with Gasteiger partial charge < -0.3 is 15.5 Å². The van der Waals surface area contributed by atoms with E-state index in [9.17, 15) is 9.59 Å². The van der Waals surface area contributed by atoms with Gasteiger partial charge >= 0.3 is 6.03 Å². The Kier molecular flexibility index (Phi) is 5.61. The predicted molar refractivity (Wildman–Crippen MR) is 84.3 cm³/mol. The lowest BCUT2D eigenvalue weighted by atomic mass is 9.96. The van der Waals surface area contributed by atoms with Gasteiger partial charge in [-0.3, -0.25) is 4.79 Å². The van der Waals surface area contributed by atoms with Crippen LogP contribution in [-0.4, -0.2) is 37.0 Å². The number of carbonyl (C=O) groups is 2. The highest BCUT2D eigenvalue weighted by Crippen LogP contribution is 2.18. The van der Waals surface area contributed by atoms with Crippen LogP contribution < -0.4 is 10.6 Å². The number of amides is 3. The first-order valence-corrected chi connectivity index (χ1v) is 8.27. The molecule has 2 rings (SSSR count). The summed E-state index contributed by atoms with van der Waals surface area (Å²) in [5.41, 5.74) is 0. The molecule has 0 aromatic carbocycles. The van der Waals surface area contributed by atoms with Crippen LogP contribution in [0.3, 0.4) is 0 Å². The molecule has 3 amide bonds. The summed E-state index contributed by atoms with van der Waals surface area (Å²) in [6.07, 6.45) is 2.52. The molecule has 6 heteroatoms. The van der Waals surface area contributed by atoms with Gasteiger partial charge in [-0.1, -0.05) is 6.92 Å². The summed E-state index contributed by atoms with van der Waals surface area (Å²) in [5, 5.41) is 5.64. The molecule has 2 heterocycles. The maximum atomic E-state index is 12.1. The summed E-state index contributed by atoms with van der Waals surface area (Å²) in [6, 6.07) is 4.15. The molecule has 0 spiro atoms. The largest absolute Gasteiger partial charge is 0.359 e. The van der Waals surface area contributed by atoms with Crippen molar-refractivity contribution in [2.45, 2.75) is 32.7 Å². The highest BCUT2D eigenvalue weighted by molar-refractivity contribution is 7.11. The minimum atomic E-state index is -0.0307. The van der Waals surface area contributed by atoms with E-state index in [1.807, 2.05) is 0 Å². The van der Waals surface area contributed by atoms with Gasteiger partial charge in [-0.15, -0.1) is 11.3 Å². The summed E-state index contributed by atoms with van der Waals surface area (Å²) in [6.45, 7) is 4.01. The Morgan fingerprint density at radius 1 is 1.29 bits per heavy atom. The number of hydrogen-bond acceptors (Lipinski definition) is 3. The molecule has 0 saturated carbocycles. The molecule has 116 valence electrons. The molecule has 1 aliphatic rings. The van der Waals surface area contributed by atoms with Gasteiger partial charge in [-0.05, 0) is 31.4 Å². The molecule has 0 atom stereocenters. The fourth-order valence-corrected chi connectivity index (χ4v) is 3.43. The Morgan fingerprint density at radius 3 is 2.52 bits per heavy atom. The molecule has 1 aliphatic heterocycles. The minimum Gasteiger partial charge on any atom is -0.359 e. The number of carbonyl (C=O) groups excluding carboxylic acids is 2. The molecule has 0 unspecified atom stereocenters. The van der Waals surface area contributed by atoms with Crippen LogP contribution in [-0.2, 0) is 17.8 Å². The smallest absolute Gasteiger partial charge is 0.317 e. The molecule has 0 radical (unpaired) electrons. The lowest BCUT2D eigenvalue weighted by Gasteiger charge is -2.31. The molecule has 0 bridgehead atoms. The topological polar surface area (TPSA) is 61.4 Å². The van der Waals surface area contributed by atoms with Crippen molar-refractivity contribution in [3.05, 3.63) is 21.9 Å². The number of hydrogen-bond donors (Lipinski definition) is 2. The van der Waals surface area contributed by atoms with Crippen LogP contribution in [0.5, 0.6) is 0 Å². The van der Waals surface area contributed by atoms with Crippen LogP contribution in [0.4, 0.5) is 4.79 Å². The quantitative estimate of drug-likeness (QED) is 0.893. The molecule has 1 aromatic heterocycles. The molecule has 21 heavy (non-hydrogen) atoms. The average Bonchev–Trinajstić information content (AvgIpc) is 3.00. The van der Waals surface area contributed by atoms with Gasteiger partial charge in [0, 0.05) is 35.8 Å². The second kappa shape index (κ2) is 7.45. The zero-order valence-electron chi connectivity index (χ0n) is 12.6. The van der Waals surface area contributed by atoms with Crippen molar-refractivity contribution < 1.29 is 9.59 Å². The van der Waals surface area contributed by atoms with Crippen LogP contribution in [0.15, 0.2) is 12.1 Å². The van der Waals surface area contributed by atoms with Gasteiger partial charge in [0.25, 0.3) is 0 Å². The number of nitrogens with zero attached hydrogens (tertiary/aromatic N) is 1. The van der Waals surface area contributed by atoms with E-state index in [1.54, 1.807) is 23.3 Å². The van der Waals surface area contributed by atoms with E-state index in [0.29, 0.717) is 19.6 Å². The van der Waals surface area contributed by atoms with E-state index < -0.39 is 0 Å². The Morgan fingerprint density at radius 2 is 1.95 bits per heavy atom. The van der Waals surface area contributed by atoms with Crippen LogP contribution in [0.1, 0.15) is 29.5 Å². The second-order valence-corrected chi connectivity index (χ2v) is 6.51. The number of piperidine rings is 1. The van der Waals surface area contributed by atoms with Crippen LogP contribution in [0, 0.1) is 5.92 Å². The molecule has 1 fully saturated rings. The van der Waals surface area contributed by atoms with E-state index in [2.05, 4.69) is 29.7 Å². The van der Waals surface area contributed by atoms with Gasteiger partial charge in [0.15, 0.2) is 0 Å². The standard InChI is InChI=1S/C15H23N3O2S/c1-3-12-4-5-13(21-12)10-17-15(20)18-8-6-11(7-9-18)14(19)16-2/h4-5,11H,3,6-10H2,1-2H3,(H,16,19)(H,17,20). The van der Waals surface area contributed by atoms with E-state index in [-0.39, 0.29) is 17.9 Å². The fourth-order valence-electron chi connectivity index (χ4n) is 2.53. The van der Waals surface area contributed by atoms with Crippen LogP contribution >= 0.6 is 11.3 Å². The van der Waals surface area contributed by atoms with Crippen molar-refractivity contribution in [3.63, 3.8) is 0 Å². The lowest BCUT2D eigenvalue weighted by Crippen LogP contribution is -2.46. The summed E-state index contributed by atoms with van der Waals surface area (Å²) < 4.78 is 0. The van der Waals surface area contributed by atoms with E-state index in [0.717, 1.165) is 19.3 Å². The van der Waals surface area contributed by atoms with E-state index in [1.165, 1.54) is 9.75 Å². The van der Waals surface area contributed by atoms with Crippen molar-refractivity contribution in [3.8, 4) is 0 Å². The van der Waals surface area contributed by atoms with E-state index in [4.69, 9.17) is 0 Å². The third kappa shape index (κ3) is 4.20. The maximum Gasteiger partial charge on any atom is 0.317 e. The van der Waals surface area contributed by atoms with Crippen molar-refractivity contribution >= 4 is 23.3 Å². The van der Waals surface area contributed by atoms with Crippen molar-refractivity contribution in [2.24, 2.45) is 5.92 Å². The first-order chi connectivity index (χ1) is 10.1. The predicted octanol–water partition coefficient (Wildman–Crippen LogP) is 1.98. The molecular formula is C15H23N3O2S. The monoisotopic (exact) mass is 309 g/mol. The fraction of sp³-hybridized carbons (Fsp3) is 0.600. The lowest BCUT2D eigenvalue weighted by molar-refractivity contribution is -0.125. The Labute approximate surface area is 129 Å². The van der Waals surface area contributed by atoms with Crippen molar-refractivity contribution in [1.82, 2.24) is 15.5 Å². The highest BCUT2D eigenvalue weighted by Gasteiger charge is 2.26. The van der Waals surface area contributed by atoms with Gasteiger partial charge in [0.2, 0.25) is 5.91 Å². The van der Waals surface area contributed by atoms with Gasteiger partial charge in [0.05, 0.1) is 6.54 Å². The molecular weight excluding hydrogens is 286 g/mol. The number of aryl methyl sites for hydroxylation is 1. The SMILES string of the molecule is CCc1ccc(CNC(=O)N2CCC(C(=O)NC)CC2)s1. The number of likely N-dealkylation sites (tertiary alicyclic amines) is 1. The van der Waals surface area contributed by atoms with Gasteiger partial charge in [0.1, 0.15) is 0 Å². The molecule has 1 saturated heterocycles. The van der Waals surface area contributed by atoms with Crippen molar-refractivity contribution in [2.75, 3.05) is 20.1 Å². The normalized spacial score (nSPS) is 15.8. The summed E-state index contributed by atoms with van der Waals surface area (Å²) in [4.78, 5) is 28.0. The third-order valence-electron chi connectivity index (χ3n) is 3.88. The molecule has 5 nitrogen and oxygen atoms in total.